The van der Waals surface area contributed by atoms with E-state index in [1.165, 1.54) is 12.3 Å². The summed E-state index contributed by atoms with van der Waals surface area (Å²) in [5, 5.41) is 3.61. The van der Waals surface area contributed by atoms with Gasteiger partial charge in [-0.2, -0.15) is 0 Å². The molecule has 114 valence electrons. The standard InChI is InChI=1S/C14H21ClFNO2S/c1-3-8-17-14(5-4-9-20(2,18)19)12-7-6-11(15)10-13(12)16/h6-7,10,14,17H,3-5,8-9H2,1-2H3. The normalized spacial score (nSPS) is 13.4. The smallest absolute Gasteiger partial charge is 0.147 e. The first kappa shape index (κ1) is 17.4. The molecule has 6 heteroatoms. The predicted molar refractivity (Wildman–Crippen MR) is 81.4 cm³/mol. The van der Waals surface area contributed by atoms with Gasteiger partial charge in [0.15, 0.2) is 0 Å². The van der Waals surface area contributed by atoms with E-state index < -0.39 is 9.84 Å². The van der Waals surface area contributed by atoms with Gasteiger partial charge in [0.1, 0.15) is 15.7 Å². The molecule has 0 saturated carbocycles. The second-order valence-corrected chi connectivity index (χ2v) is 7.64. The lowest BCUT2D eigenvalue weighted by atomic mass is 10.0. The van der Waals surface area contributed by atoms with Gasteiger partial charge in [-0.25, -0.2) is 12.8 Å². The molecule has 0 heterocycles. The Bertz CT molecular complexity index is 534. The van der Waals surface area contributed by atoms with Gasteiger partial charge in [-0.1, -0.05) is 24.6 Å². The van der Waals surface area contributed by atoms with E-state index in [1.807, 2.05) is 6.92 Å². The summed E-state index contributed by atoms with van der Waals surface area (Å²) < 4.78 is 36.3. The van der Waals surface area contributed by atoms with Gasteiger partial charge in [0.25, 0.3) is 0 Å². The van der Waals surface area contributed by atoms with Crippen molar-refractivity contribution in [1.82, 2.24) is 5.32 Å². The number of sulfone groups is 1. The van der Waals surface area contributed by atoms with Crippen LogP contribution in [0.5, 0.6) is 0 Å². The van der Waals surface area contributed by atoms with Crippen molar-refractivity contribution in [2.45, 2.75) is 32.2 Å². The van der Waals surface area contributed by atoms with E-state index in [2.05, 4.69) is 5.32 Å². The second kappa shape index (κ2) is 7.96. The van der Waals surface area contributed by atoms with Crippen molar-refractivity contribution >= 4 is 21.4 Å². The van der Waals surface area contributed by atoms with E-state index >= 15 is 0 Å². The Labute approximate surface area is 125 Å². The third kappa shape index (κ3) is 6.20. The Kier molecular flexibility index (Phi) is 6.92. The highest BCUT2D eigenvalue weighted by molar-refractivity contribution is 7.90. The summed E-state index contributed by atoms with van der Waals surface area (Å²) in [6.07, 6.45) is 3.22. The van der Waals surface area contributed by atoms with Gasteiger partial charge >= 0.3 is 0 Å². The van der Waals surface area contributed by atoms with Crippen molar-refractivity contribution in [3.05, 3.63) is 34.6 Å². The number of nitrogens with one attached hydrogen (secondary N) is 1. The van der Waals surface area contributed by atoms with E-state index in [-0.39, 0.29) is 17.6 Å². The Hall–Kier alpha value is -0.650. The van der Waals surface area contributed by atoms with E-state index in [0.717, 1.165) is 13.0 Å². The van der Waals surface area contributed by atoms with Gasteiger partial charge in [0.2, 0.25) is 0 Å². The summed E-state index contributed by atoms with van der Waals surface area (Å²) in [6.45, 7) is 2.78. The maximum absolute atomic E-state index is 13.9. The molecular weight excluding hydrogens is 301 g/mol. The predicted octanol–water partition coefficient (Wildman–Crippen LogP) is 3.34. The highest BCUT2D eigenvalue weighted by Crippen LogP contribution is 2.24. The number of benzene rings is 1. The lowest BCUT2D eigenvalue weighted by Crippen LogP contribution is -2.23. The molecule has 20 heavy (non-hydrogen) atoms. The third-order valence-electron chi connectivity index (χ3n) is 2.99. The molecule has 1 aromatic carbocycles. The Morgan fingerprint density at radius 2 is 2.10 bits per heavy atom. The molecule has 0 amide bonds. The first-order valence-corrected chi connectivity index (χ1v) is 9.13. The van der Waals surface area contributed by atoms with Crippen LogP contribution in [0.2, 0.25) is 5.02 Å². The largest absolute Gasteiger partial charge is 0.310 e. The van der Waals surface area contributed by atoms with Crippen LogP contribution in [0.15, 0.2) is 18.2 Å². The molecular formula is C14H21ClFNO2S. The molecule has 1 N–H and O–H groups in total. The van der Waals surface area contributed by atoms with Crippen molar-refractivity contribution in [1.29, 1.82) is 0 Å². The van der Waals surface area contributed by atoms with Crippen LogP contribution in [0.4, 0.5) is 4.39 Å². The molecule has 1 aromatic rings. The van der Waals surface area contributed by atoms with Gasteiger partial charge in [0.05, 0.1) is 0 Å². The average Bonchev–Trinajstić information content (AvgIpc) is 2.33. The summed E-state index contributed by atoms with van der Waals surface area (Å²) in [5.41, 5.74) is 0.538. The van der Waals surface area contributed by atoms with Crippen LogP contribution in [0.1, 0.15) is 37.8 Å². The summed E-state index contributed by atoms with van der Waals surface area (Å²) in [6, 6.07) is 4.41. The summed E-state index contributed by atoms with van der Waals surface area (Å²) in [5.74, 6) is -0.238. The number of hydrogen-bond acceptors (Lipinski definition) is 3. The fraction of sp³-hybridized carbons (Fsp3) is 0.571. The highest BCUT2D eigenvalue weighted by Gasteiger charge is 2.16. The highest BCUT2D eigenvalue weighted by atomic mass is 35.5. The first-order valence-electron chi connectivity index (χ1n) is 6.69. The average molecular weight is 322 g/mol. The summed E-state index contributed by atoms with van der Waals surface area (Å²) in [7, 11) is -2.98. The van der Waals surface area contributed by atoms with E-state index in [9.17, 15) is 12.8 Å². The van der Waals surface area contributed by atoms with Crippen LogP contribution in [-0.4, -0.2) is 27.0 Å². The van der Waals surface area contributed by atoms with Crippen LogP contribution >= 0.6 is 11.6 Å². The third-order valence-corrected chi connectivity index (χ3v) is 4.25. The van der Waals surface area contributed by atoms with Gasteiger partial charge in [-0.3, -0.25) is 0 Å². The molecule has 0 aliphatic rings. The van der Waals surface area contributed by atoms with Crippen molar-refractivity contribution in [3.63, 3.8) is 0 Å². The molecule has 0 radical (unpaired) electrons. The SMILES string of the molecule is CCCNC(CCCS(C)(=O)=O)c1ccc(Cl)cc1F. The maximum atomic E-state index is 13.9. The molecule has 1 unspecified atom stereocenters. The van der Waals surface area contributed by atoms with E-state index in [0.29, 0.717) is 23.4 Å². The number of halogens is 2. The van der Waals surface area contributed by atoms with Gasteiger partial charge in [0, 0.05) is 28.6 Å². The molecule has 1 rings (SSSR count). The minimum absolute atomic E-state index is 0.118. The zero-order chi connectivity index (χ0) is 15.2. The lowest BCUT2D eigenvalue weighted by molar-refractivity contribution is 0.469. The van der Waals surface area contributed by atoms with Crippen LogP contribution in [0.25, 0.3) is 0 Å². The topological polar surface area (TPSA) is 46.2 Å². The van der Waals surface area contributed by atoms with Crippen LogP contribution < -0.4 is 5.32 Å². The van der Waals surface area contributed by atoms with E-state index in [1.54, 1.807) is 12.1 Å². The summed E-state index contributed by atoms with van der Waals surface area (Å²) >= 11 is 5.75. The Morgan fingerprint density at radius 1 is 1.40 bits per heavy atom. The van der Waals surface area contributed by atoms with Crippen molar-refractivity contribution in [2.24, 2.45) is 0 Å². The Morgan fingerprint density at radius 3 is 2.65 bits per heavy atom. The van der Waals surface area contributed by atoms with E-state index in [4.69, 9.17) is 11.6 Å². The zero-order valence-electron chi connectivity index (χ0n) is 11.8. The van der Waals surface area contributed by atoms with Gasteiger partial charge in [-0.05, 0) is 37.9 Å². The number of rotatable bonds is 8. The van der Waals surface area contributed by atoms with Crippen molar-refractivity contribution in [2.75, 3.05) is 18.6 Å². The molecule has 3 nitrogen and oxygen atoms in total. The minimum Gasteiger partial charge on any atom is -0.310 e. The lowest BCUT2D eigenvalue weighted by Gasteiger charge is -2.19. The molecule has 0 aliphatic heterocycles. The molecule has 0 aromatic heterocycles. The second-order valence-electron chi connectivity index (χ2n) is 4.94. The summed E-state index contributed by atoms with van der Waals surface area (Å²) in [4.78, 5) is 0. The van der Waals surface area contributed by atoms with Crippen LogP contribution in [0.3, 0.4) is 0 Å². The number of hydrogen-bond donors (Lipinski definition) is 1. The molecule has 1 atom stereocenters. The molecule has 0 saturated heterocycles. The fourth-order valence-corrected chi connectivity index (χ4v) is 2.87. The molecule has 0 spiro atoms. The monoisotopic (exact) mass is 321 g/mol. The Balaban J connectivity index is 2.77. The van der Waals surface area contributed by atoms with Gasteiger partial charge in [-0.15, -0.1) is 0 Å². The van der Waals surface area contributed by atoms with Crippen LogP contribution in [-0.2, 0) is 9.84 Å². The van der Waals surface area contributed by atoms with Crippen LogP contribution in [0, 0.1) is 5.82 Å². The first-order chi connectivity index (χ1) is 9.33. The fourth-order valence-electron chi connectivity index (χ4n) is 2.02. The maximum Gasteiger partial charge on any atom is 0.147 e. The van der Waals surface area contributed by atoms with Gasteiger partial charge < -0.3 is 5.32 Å². The van der Waals surface area contributed by atoms with Crippen molar-refractivity contribution in [3.8, 4) is 0 Å². The molecule has 0 bridgehead atoms. The minimum atomic E-state index is -2.98. The zero-order valence-corrected chi connectivity index (χ0v) is 13.4. The quantitative estimate of drug-likeness (QED) is 0.798. The molecule has 0 aliphatic carbocycles. The van der Waals surface area contributed by atoms with Crippen molar-refractivity contribution < 1.29 is 12.8 Å². The molecule has 0 fully saturated rings.